The van der Waals surface area contributed by atoms with Crippen LogP contribution in [0.2, 0.25) is 0 Å². The molecular weight excluding hydrogens is 266 g/mol. The van der Waals surface area contributed by atoms with Gasteiger partial charge in [-0.25, -0.2) is 0 Å². The molecule has 1 amide bonds. The molecule has 1 fully saturated rings. The lowest BCUT2D eigenvalue weighted by molar-refractivity contribution is -0.141. The predicted octanol–water partition coefficient (Wildman–Crippen LogP) is 0.456. The number of carbonyl (C=O) groups is 2. The summed E-state index contributed by atoms with van der Waals surface area (Å²) in [7, 11) is 3.12. The van der Waals surface area contributed by atoms with Gasteiger partial charge < -0.3 is 19.3 Å². The number of aromatic nitrogens is 2. The Balaban J connectivity index is 1.91. The first-order chi connectivity index (χ1) is 9.43. The zero-order valence-electron chi connectivity index (χ0n) is 11.6. The molecule has 0 radical (unpaired) electrons. The fourth-order valence-corrected chi connectivity index (χ4v) is 1.91. The monoisotopic (exact) mass is 283 g/mol. The minimum absolute atomic E-state index is 0.158. The number of hydrogen-bond acceptors (Lipinski definition) is 6. The third kappa shape index (κ3) is 2.96. The topological polar surface area (TPSA) is 106 Å². The average molecular weight is 283 g/mol. The first-order valence-corrected chi connectivity index (χ1v) is 6.27. The normalized spacial score (nSPS) is 22.4. The van der Waals surface area contributed by atoms with Crippen LogP contribution in [-0.4, -0.2) is 46.2 Å². The minimum Gasteiger partial charge on any atom is -0.481 e. The molecule has 0 aliphatic heterocycles. The van der Waals surface area contributed by atoms with Gasteiger partial charge in [0.2, 0.25) is 11.8 Å². The Morgan fingerprint density at radius 2 is 2.25 bits per heavy atom. The van der Waals surface area contributed by atoms with Gasteiger partial charge in [-0.2, -0.15) is 4.98 Å². The second kappa shape index (κ2) is 5.58. The van der Waals surface area contributed by atoms with E-state index in [4.69, 9.17) is 14.4 Å². The van der Waals surface area contributed by atoms with Crippen LogP contribution in [0.5, 0.6) is 0 Å². The second-order valence-electron chi connectivity index (χ2n) is 4.91. The lowest BCUT2D eigenvalue weighted by atomic mass is 10.3. The molecule has 8 heteroatoms. The van der Waals surface area contributed by atoms with E-state index in [1.54, 1.807) is 14.0 Å². The SMILES string of the molecule is CO[C@H](C)c1noc(CN(C)C(=O)[C@H]2C[C@@H]2C(=O)O)n1. The fraction of sp³-hybridized carbons (Fsp3) is 0.667. The third-order valence-corrected chi connectivity index (χ3v) is 3.37. The summed E-state index contributed by atoms with van der Waals surface area (Å²) < 4.78 is 10.1. The van der Waals surface area contributed by atoms with Crippen LogP contribution < -0.4 is 0 Å². The predicted molar refractivity (Wildman–Crippen MR) is 65.4 cm³/mol. The molecule has 0 bridgehead atoms. The van der Waals surface area contributed by atoms with E-state index in [0.717, 1.165) is 0 Å². The number of aliphatic carboxylic acids is 1. The number of ether oxygens (including phenoxy) is 1. The molecule has 0 spiro atoms. The molecule has 8 nitrogen and oxygen atoms in total. The summed E-state index contributed by atoms with van der Waals surface area (Å²) in [5.74, 6) is -1.41. The van der Waals surface area contributed by atoms with Crippen LogP contribution in [0.15, 0.2) is 4.52 Å². The Hall–Kier alpha value is -1.96. The largest absolute Gasteiger partial charge is 0.481 e. The van der Waals surface area contributed by atoms with E-state index in [9.17, 15) is 9.59 Å². The standard InChI is InChI=1S/C12H17N3O5/c1-6(19-3)10-13-9(20-14-10)5-15(2)11(16)7-4-8(7)12(17)18/h6-8H,4-5H2,1-3H3,(H,17,18)/t6-,7+,8+/m1/s1. The van der Waals surface area contributed by atoms with Crippen molar-refractivity contribution in [3.63, 3.8) is 0 Å². The van der Waals surface area contributed by atoms with E-state index in [2.05, 4.69) is 10.1 Å². The molecule has 110 valence electrons. The molecule has 1 aliphatic carbocycles. The molecule has 1 N–H and O–H groups in total. The first kappa shape index (κ1) is 14.4. The van der Waals surface area contributed by atoms with Crippen molar-refractivity contribution in [3.05, 3.63) is 11.7 Å². The van der Waals surface area contributed by atoms with Crippen LogP contribution in [0.3, 0.4) is 0 Å². The summed E-state index contributed by atoms with van der Waals surface area (Å²) in [5.41, 5.74) is 0. The highest BCUT2D eigenvalue weighted by atomic mass is 16.5. The molecule has 20 heavy (non-hydrogen) atoms. The highest BCUT2D eigenvalue weighted by molar-refractivity contribution is 5.89. The number of carbonyl (C=O) groups excluding carboxylic acids is 1. The van der Waals surface area contributed by atoms with Gasteiger partial charge in [-0.05, 0) is 13.3 Å². The smallest absolute Gasteiger partial charge is 0.307 e. The van der Waals surface area contributed by atoms with Gasteiger partial charge in [-0.15, -0.1) is 0 Å². The van der Waals surface area contributed by atoms with Crippen molar-refractivity contribution in [1.29, 1.82) is 0 Å². The third-order valence-electron chi connectivity index (χ3n) is 3.37. The molecule has 1 saturated carbocycles. The molecule has 0 unspecified atom stereocenters. The van der Waals surface area contributed by atoms with E-state index in [1.165, 1.54) is 12.0 Å². The lowest BCUT2D eigenvalue weighted by Gasteiger charge is -2.14. The van der Waals surface area contributed by atoms with Gasteiger partial charge in [0.1, 0.15) is 6.10 Å². The van der Waals surface area contributed by atoms with E-state index in [-0.39, 0.29) is 18.6 Å². The molecule has 2 rings (SSSR count). The number of hydrogen-bond donors (Lipinski definition) is 1. The van der Waals surface area contributed by atoms with Crippen molar-refractivity contribution in [1.82, 2.24) is 15.0 Å². The summed E-state index contributed by atoms with van der Waals surface area (Å²) in [6.45, 7) is 1.94. The molecule has 3 atom stereocenters. The molecule has 0 saturated heterocycles. The van der Waals surface area contributed by atoms with Crippen LogP contribution in [0.25, 0.3) is 0 Å². The number of nitrogens with zero attached hydrogens (tertiary/aromatic N) is 3. The Morgan fingerprint density at radius 3 is 2.80 bits per heavy atom. The van der Waals surface area contributed by atoms with Crippen LogP contribution in [0.1, 0.15) is 31.2 Å². The van der Waals surface area contributed by atoms with Gasteiger partial charge in [0.15, 0.2) is 5.82 Å². The van der Waals surface area contributed by atoms with Gasteiger partial charge in [0.25, 0.3) is 0 Å². The summed E-state index contributed by atoms with van der Waals surface area (Å²) in [4.78, 5) is 28.2. The van der Waals surface area contributed by atoms with Crippen molar-refractivity contribution < 1.29 is 24.0 Å². The Labute approximate surface area is 115 Å². The average Bonchev–Trinajstić information content (AvgIpc) is 3.10. The molecule has 0 aromatic carbocycles. The quantitative estimate of drug-likeness (QED) is 0.808. The molecule has 1 aliphatic rings. The van der Waals surface area contributed by atoms with Gasteiger partial charge >= 0.3 is 5.97 Å². The van der Waals surface area contributed by atoms with Crippen molar-refractivity contribution >= 4 is 11.9 Å². The van der Waals surface area contributed by atoms with Crippen molar-refractivity contribution in [2.75, 3.05) is 14.2 Å². The maximum atomic E-state index is 12.0. The van der Waals surface area contributed by atoms with Crippen molar-refractivity contribution in [2.24, 2.45) is 11.8 Å². The molecule has 1 heterocycles. The fourth-order valence-electron chi connectivity index (χ4n) is 1.91. The Morgan fingerprint density at radius 1 is 1.55 bits per heavy atom. The van der Waals surface area contributed by atoms with E-state index >= 15 is 0 Å². The van der Waals surface area contributed by atoms with Gasteiger partial charge in [0, 0.05) is 14.2 Å². The zero-order chi connectivity index (χ0) is 14.9. The highest BCUT2D eigenvalue weighted by Crippen LogP contribution is 2.40. The van der Waals surface area contributed by atoms with E-state index in [0.29, 0.717) is 18.1 Å². The second-order valence-corrected chi connectivity index (χ2v) is 4.91. The lowest BCUT2D eigenvalue weighted by Crippen LogP contribution is -2.29. The highest BCUT2D eigenvalue weighted by Gasteiger charge is 2.49. The number of methoxy groups -OCH3 is 1. The molecule has 1 aromatic heterocycles. The summed E-state index contributed by atoms with van der Waals surface area (Å²) in [6.07, 6.45) is 0.113. The summed E-state index contributed by atoms with van der Waals surface area (Å²) in [5, 5.41) is 12.6. The molecule has 1 aromatic rings. The van der Waals surface area contributed by atoms with Crippen LogP contribution in [0.4, 0.5) is 0 Å². The maximum absolute atomic E-state index is 12.0. The van der Waals surface area contributed by atoms with Crippen LogP contribution >= 0.6 is 0 Å². The van der Waals surface area contributed by atoms with Gasteiger partial charge in [-0.3, -0.25) is 9.59 Å². The number of carboxylic acids is 1. The molecular formula is C12H17N3O5. The van der Waals surface area contributed by atoms with Gasteiger partial charge in [-0.1, -0.05) is 5.16 Å². The zero-order valence-corrected chi connectivity index (χ0v) is 11.6. The van der Waals surface area contributed by atoms with E-state index in [1.807, 2.05) is 0 Å². The van der Waals surface area contributed by atoms with Crippen molar-refractivity contribution in [3.8, 4) is 0 Å². The number of rotatable bonds is 6. The summed E-state index contributed by atoms with van der Waals surface area (Å²) >= 11 is 0. The Bertz CT molecular complexity index is 515. The first-order valence-electron chi connectivity index (χ1n) is 6.27. The number of carboxylic acid groups (broad SMARTS) is 1. The van der Waals surface area contributed by atoms with Gasteiger partial charge in [0.05, 0.1) is 18.4 Å². The van der Waals surface area contributed by atoms with Crippen molar-refractivity contribution in [2.45, 2.75) is 26.0 Å². The minimum atomic E-state index is -0.925. The summed E-state index contributed by atoms with van der Waals surface area (Å²) in [6, 6.07) is 0. The maximum Gasteiger partial charge on any atom is 0.307 e. The van der Waals surface area contributed by atoms with Crippen LogP contribution in [0, 0.1) is 11.8 Å². The number of amides is 1. The Kier molecular flexibility index (Phi) is 4.03. The van der Waals surface area contributed by atoms with Crippen LogP contribution in [-0.2, 0) is 20.9 Å². The van der Waals surface area contributed by atoms with E-state index < -0.39 is 17.8 Å².